The lowest BCUT2D eigenvalue weighted by Gasteiger charge is -2.12. The zero-order valence-corrected chi connectivity index (χ0v) is 12.9. The predicted octanol–water partition coefficient (Wildman–Crippen LogP) is 2.44. The molecule has 24 heavy (non-hydrogen) atoms. The van der Waals surface area contributed by atoms with Crippen molar-refractivity contribution in [3.05, 3.63) is 51.7 Å². The highest BCUT2D eigenvalue weighted by molar-refractivity contribution is 6.99. The summed E-state index contributed by atoms with van der Waals surface area (Å²) in [6.45, 7) is 1.54. The van der Waals surface area contributed by atoms with Gasteiger partial charge in [0.2, 0.25) is 5.43 Å². The number of halogens is 3. The van der Waals surface area contributed by atoms with Crippen LogP contribution in [0, 0.1) is 17.5 Å². The Kier molecular flexibility index (Phi) is 4.06. The summed E-state index contributed by atoms with van der Waals surface area (Å²) in [4.78, 5) is 24.3. The summed E-state index contributed by atoms with van der Waals surface area (Å²) in [5.74, 6) is -5.76. The highest BCUT2D eigenvalue weighted by Crippen LogP contribution is 2.24. The third kappa shape index (κ3) is 2.44. The second-order valence-electron chi connectivity index (χ2n) is 4.61. The fourth-order valence-electron chi connectivity index (χ4n) is 2.19. The van der Waals surface area contributed by atoms with Crippen LogP contribution in [0.1, 0.15) is 17.3 Å². The summed E-state index contributed by atoms with van der Waals surface area (Å²) in [5.41, 5.74) is -1.97. The summed E-state index contributed by atoms with van der Waals surface area (Å²) >= 11 is 0.779. The van der Waals surface area contributed by atoms with Crippen LogP contribution >= 0.6 is 11.7 Å². The number of hydrogen-bond donors (Lipinski definition) is 0. The third-order valence-corrected chi connectivity index (χ3v) is 3.69. The van der Waals surface area contributed by atoms with Gasteiger partial charge in [0.25, 0.3) is 0 Å². The first-order chi connectivity index (χ1) is 11.5. The molecule has 0 radical (unpaired) electrons. The second kappa shape index (κ2) is 6.04. The highest BCUT2D eigenvalue weighted by Gasteiger charge is 2.24. The molecular formula is C14H8F3N3O3S. The topological polar surface area (TPSA) is 74.1 Å². The van der Waals surface area contributed by atoms with E-state index in [2.05, 4.69) is 8.75 Å². The quantitative estimate of drug-likeness (QED) is 0.533. The van der Waals surface area contributed by atoms with Crippen LogP contribution in [0.2, 0.25) is 0 Å². The maximum atomic E-state index is 14.2. The molecule has 0 spiro atoms. The smallest absolute Gasteiger partial charge is 0.343 e. The Labute approximate surface area is 136 Å². The summed E-state index contributed by atoms with van der Waals surface area (Å²) in [7, 11) is 0. The van der Waals surface area contributed by atoms with Gasteiger partial charge in [-0.2, -0.15) is 8.75 Å². The number of rotatable bonds is 3. The Bertz CT molecular complexity index is 1000. The van der Waals surface area contributed by atoms with Gasteiger partial charge in [-0.05, 0) is 13.0 Å². The number of esters is 1. The summed E-state index contributed by atoms with van der Waals surface area (Å²) < 4.78 is 54.7. The van der Waals surface area contributed by atoms with E-state index in [1.54, 1.807) is 0 Å². The van der Waals surface area contributed by atoms with E-state index in [4.69, 9.17) is 4.74 Å². The molecule has 0 aliphatic rings. The number of benzene rings is 1. The summed E-state index contributed by atoms with van der Waals surface area (Å²) in [6, 6.07) is 0.537. The molecule has 124 valence electrons. The number of ether oxygens (including phenoxy) is 1. The Morgan fingerprint density at radius 3 is 2.71 bits per heavy atom. The molecule has 0 atom stereocenters. The van der Waals surface area contributed by atoms with Gasteiger partial charge in [0.15, 0.2) is 23.3 Å². The van der Waals surface area contributed by atoms with Crippen molar-refractivity contribution in [2.45, 2.75) is 6.92 Å². The number of hydrogen-bond acceptors (Lipinski definition) is 6. The lowest BCUT2D eigenvalue weighted by molar-refractivity contribution is 0.0524. The Balaban J connectivity index is 2.47. The van der Waals surface area contributed by atoms with E-state index in [0.29, 0.717) is 6.07 Å². The van der Waals surface area contributed by atoms with Gasteiger partial charge in [-0.1, -0.05) is 0 Å². The molecule has 0 aliphatic heterocycles. The van der Waals surface area contributed by atoms with Gasteiger partial charge in [-0.25, -0.2) is 18.0 Å². The minimum atomic E-state index is -1.73. The van der Waals surface area contributed by atoms with Gasteiger partial charge >= 0.3 is 5.97 Å². The van der Waals surface area contributed by atoms with E-state index in [1.807, 2.05) is 0 Å². The van der Waals surface area contributed by atoms with Crippen LogP contribution in [0.15, 0.2) is 23.3 Å². The zero-order valence-electron chi connectivity index (χ0n) is 12.0. The van der Waals surface area contributed by atoms with E-state index >= 15 is 0 Å². The fourth-order valence-corrected chi connectivity index (χ4v) is 2.60. The van der Waals surface area contributed by atoms with Gasteiger partial charge in [0.1, 0.15) is 5.56 Å². The van der Waals surface area contributed by atoms with Gasteiger partial charge in [-0.3, -0.25) is 9.36 Å². The average molecular weight is 355 g/mol. The van der Waals surface area contributed by atoms with Gasteiger partial charge in [0, 0.05) is 6.20 Å². The number of pyridine rings is 1. The first-order valence-electron chi connectivity index (χ1n) is 6.63. The first-order valence-corrected chi connectivity index (χ1v) is 7.36. The van der Waals surface area contributed by atoms with Crippen LogP contribution in [-0.2, 0) is 4.74 Å². The number of fused-ring (bicyclic) bond motifs is 1. The van der Waals surface area contributed by atoms with E-state index in [0.717, 1.165) is 22.5 Å². The minimum Gasteiger partial charge on any atom is -0.462 e. The average Bonchev–Trinajstić information content (AvgIpc) is 3.08. The van der Waals surface area contributed by atoms with E-state index in [9.17, 15) is 22.8 Å². The monoisotopic (exact) mass is 355 g/mol. The van der Waals surface area contributed by atoms with E-state index in [-0.39, 0.29) is 12.4 Å². The van der Waals surface area contributed by atoms with Crippen molar-refractivity contribution in [3.8, 4) is 5.82 Å². The number of aromatic nitrogens is 3. The van der Waals surface area contributed by atoms with Crippen LogP contribution in [0.5, 0.6) is 0 Å². The molecule has 6 nitrogen and oxygen atoms in total. The lowest BCUT2D eigenvalue weighted by Crippen LogP contribution is -2.21. The standard InChI is InChI=1S/C14H8F3N3O3S/c1-2-23-14(22)7-5-20(9-4-18-24-19-9)12-6(13(7)21)3-8(15)10(16)11(12)17/h3-5H,2H2,1H3. The van der Waals surface area contributed by atoms with Crippen LogP contribution in [-0.4, -0.2) is 25.9 Å². The van der Waals surface area contributed by atoms with Crippen molar-refractivity contribution in [2.75, 3.05) is 6.61 Å². The van der Waals surface area contributed by atoms with Crippen molar-refractivity contribution in [3.63, 3.8) is 0 Å². The largest absolute Gasteiger partial charge is 0.462 e. The van der Waals surface area contributed by atoms with E-state index in [1.165, 1.54) is 13.1 Å². The first kappa shape index (κ1) is 16.1. The second-order valence-corrected chi connectivity index (χ2v) is 5.17. The van der Waals surface area contributed by atoms with Gasteiger partial charge in [-0.15, -0.1) is 0 Å². The minimum absolute atomic E-state index is 0.000702. The van der Waals surface area contributed by atoms with Gasteiger partial charge < -0.3 is 4.74 Å². The van der Waals surface area contributed by atoms with Crippen molar-refractivity contribution in [1.82, 2.24) is 13.3 Å². The van der Waals surface area contributed by atoms with E-state index < -0.39 is 45.3 Å². The number of nitrogens with zero attached hydrogens (tertiary/aromatic N) is 3. The van der Waals surface area contributed by atoms with Crippen molar-refractivity contribution in [1.29, 1.82) is 0 Å². The molecule has 2 aromatic heterocycles. The molecule has 0 aliphatic carbocycles. The molecular weight excluding hydrogens is 347 g/mol. The molecule has 1 aromatic carbocycles. The number of carbonyl (C=O) groups is 1. The zero-order chi connectivity index (χ0) is 17.4. The number of carbonyl (C=O) groups excluding carboxylic acids is 1. The van der Waals surface area contributed by atoms with Crippen LogP contribution in [0.3, 0.4) is 0 Å². The molecule has 0 saturated heterocycles. The maximum absolute atomic E-state index is 14.2. The SMILES string of the molecule is CCOC(=O)c1cn(-c2cnsn2)c2c(F)c(F)c(F)cc2c1=O. The molecule has 3 aromatic rings. The Morgan fingerprint density at radius 1 is 1.33 bits per heavy atom. The maximum Gasteiger partial charge on any atom is 0.343 e. The molecule has 3 rings (SSSR count). The highest BCUT2D eigenvalue weighted by atomic mass is 32.1. The molecule has 0 unspecified atom stereocenters. The van der Waals surface area contributed by atoms with Crippen molar-refractivity contribution in [2.24, 2.45) is 0 Å². The van der Waals surface area contributed by atoms with Crippen LogP contribution < -0.4 is 5.43 Å². The molecule has 0 saturated carbocycles. The van der Waals surface area contributed by atoms with Crippen LogP contribution in [0.4, 0.5) is 13.2 Å². The van der Waals surface area contributed by atoms with Gasteiger partial charge in [0.05, 0.1) is 35.4 Å². The molecule has 0 bridgehead atoms. The predicted molar refractivity (Wildman–Crippen MR) is 78.8 cm³/mol. The molecule has 2 heterocycles. The van der Waals surface area contributed by atoms with Crippen molar-refractivity contribution >= 4 is 28.6 Å². The summed E-state index contributed by atoms with van der Waals surface area (Å²) in [5, 5.41) is -0.509. The summed E-state index contributed by atoms with van der Waals surface area (Å²) in [6.07, 6.45) is 2.20. The molecule has 0 fully saturated rings. The van der Waals surface area contributed by atoms with Crippen LogP contribution in [0.25, 0.3) is 16.7 Å². The Morgan fingerprint density at radius 2 is 2.08 bits per heavy atom. The molecule has 0 amide bonds. The molecule has 10 heteroatoms. The normalized spacial score (nSPS) is 11.0. The fraction of sp³-hybridized carbons (Fsp3) is 0.143. The lowest BCUT2D eigenvalue weighted by atomic mass is 10.1. The third-order valence-electron chi connectivity index (χ3n) is 3.22. The molecule has 0 N–H and O–H groups in total. The van der Waals surface area contributed by atoms with Crippen molar-refractivity contribution < 1.29 is 22.7 Å². The Hall–Kier alpha value is -2.75.